The first-order valence-corrected chi connectivity index (χ1v) is 6.34. The average Bonchev–Trinajstić information content (AvgIpc) is 2.50. The van der Waals surface area contributed by atoms with Crippen LogP contribution in [0.3, 0.4) is 0 Å². The van der Waals surface area contributed by atoms with E-state index >= 15 is 0 Å². The van der Waals surface area contributed by atoms with Crippen LogP contribution in [0.25, 0.3) is 22.0 Å². The Morgan fingerprint density at radius 1 is 0.722 bits per heavy atom. The molecule has 0 unspecified atom stereocenters. The molecule has 0 fully saturated rings. The van der Waals surface area contributed by atoms with Gasteiger partial charge in [0.15, 0.2) is 0 Å². The van der Waals surface area contributed by atoms with Crippen molar-refractivity contribution in [3.63, 3.8) is 0 Å². The van der Waals surface area contributed by atoms with Crippen molar-refractivity contribution in [2.24, 2.45) is 0 Å². The van der Waals surface area contributed by atoms with Crippen LogP contribution in [0.5, 0.6) is 0 Å². The van der Waals surface area contributed by atoms with Crippen LogP contribution in [0.1, 0.15) is 13.8 Å². The summed E-state index contributed by atoms with van der Waals surface area (Å²) in [6, 6.07) is 20.7. The molecule has 3 aromatic rings. The minimum Gasteiger partial charge on any atom is -0.256 e. The van der Waals surface area contributed by atoms with E-state index in [0.717, 1.165) is 5.69 Å². The normalized spacial score (nSPS) is 9.67. The maximum Gasteiger partial charge on any atom is 0.0708 e. The molecule has 18 heavy (non-hydrogen) atoms. The Hall–Kier alpha value is -2.15. The van der Waals surface area contributed by atoms with Crippen LogP contribution in [0.2, 0.25) is 0 Å². The van der Waals surface area contributed by atoms with Crippen molar-refractivity contribution in [2.75, 3.05) is 0 Å². The van der Waals surface area contributed by atoms with Gasteiger partial charge in [-0.05, 0) is 22.9 Å². The van der Waals surface area contributed by atoms with Gasteiger partial charge in [-0.2, -0.15) is 0 Å². The van der Waals surface area contributed by atoms with E-state index in [9.17, 15) is 0 Å². The monoisotopic (exact) mass is 235 g/mol. The van der Waals surface area contributed by atoms with Crippen molar-refractivity contribution in [3.05, 3.63) is 66.9 Å². The lowest BCUT2D eigenvalue weighted by atomic mass is 10.0. The SMILES string of the molecule is CC.c1ccc(-c2cccc3ccccc23)nc1. The Labute approximate surface area is 108 Å². The molecule has 1 nitrogen and oxygen atoms in total. The van der Waals surface area contributed by atoms with Gasteiger partial charge in [-0.15, -0.1) is 0 Å². The van der Waals surface area contributed by atoms with Crippen molar-refractivity contribution >= 4 is 10.8 Å². The van der Waals surface area contributed by atoms with Gasteiger partial charge in [-0.1, -0.05) is 62.4 Å². The Kier molecular flexibility index (Phi) is 4.08. The molecule has 0 radical (unpaired) electrons. The predicted molar refractivity (Wildman–Crippen MR) is 78.5 cm³/mol. The number of pyridine rings is 1. The van der Waals surface area contributed by atoms with Crippen LogP contribution in [0, 0.1) is 0 Å². The fourth-order valence-corrected chi connectivity index (χ4v) is 1.97. The molecule has 90 valence electrons. The molecule has 0 saturated carbocycles. The third-order valence-corrected chi connectivity index (χ3v) is 2.73. The van der Waals surface area contributed by atoms with Crippen LogP contribution in [0.4, 0.5) is 0 Å². The maximum atomic E-state index is 4.40. The van der Waals surface area contributed by atoms with Crippen LogP contribution in [0.15, 0.2) is 66.9 Å². The number of aromatic nitrogens is 1. The summed E-state index contributed by atoms with van der Waals surface area (Å²) >= 11 is 0. The third-order valence-electron chi connectivity index (χ3n) is 2.73. The topological polar surface area (TPSA) is 12.9 Å². The van der Waals surface area contributed by atoms with Crippen LogP contribution in [-0.4, -0.2) is 4.98 Å². The second-order valence-corrected chi connectivity index (χ2v) is 3.74. The van der Waals surface area contributed by atoms with E-state index in [-0.39, 0.29) is 0 Å². The Morgan fingerprint density at radius 3 is 2.22 bits per heavy atom. The Bertz CT molecular complexity index is 609. The fraction of sp³-hybridized carbons (Fsp3) is 0.118. The van der Waals surface area contributed by atoms with E-state index < -0.39 is 0 Å². The lowest BCUT2D eigenvalue weighted by Crippen LogP contribution is -1.83. The van der Waals surface area contributed by atoms with Gasteiger partial charge in [0.05, 0.1) is 5.69 Å². The number of hydrogen-bond acceptors (Lipinski definition) is 1. The number of fused-ring (bicyclic) bond motifs is 1. The quantitative estimate of drug-likeness (QED) is 0.583. The summed E-state index contributed by atoms with van der Waals surface area (Å²) in [6.07, 6.45) is 1.83. The van der Waals surface area contributed by atoms with Crippen molar-refractivity contribution in [1.29, 1.82) is 0 Å². The molecule has 0 atom stereocenters. The number of rotatable bonds is 1. The maximum absolute atomic E-state index is 4.40. The van der Waals surface area contributed by atoms with E-state index in [4.69, 9.17) is 0 Å². The fourth-order valence-electron chi connectivity index (χ4n) is 1.97. The van der Waals surface area contributed by atoms with Gasteiger partial charge >= 0.3 is 0 Å². The van der Waals surface area contributed by atoms with E-state index in [1.54, 1.807) is 0 Å². The summed E-state index contributed by atoms with van der Waals surface area (Å²) in [5.41, 5.74) is 2.22. The summed E-state index contributed by atoms with van der Waals surface area (Å²) in [5.74, 6) is 0. The molecule has 0 N–H and O–H groups in total. The number of hydrogen-bond donors (Lipinski definition) is 0. The second-order valence-electron chi connectivity index (χ2n) is 3.74. The molecule has 0 aliphatic heterocycles. The van der Waals surface area contributed by atoms with E-state index in [1.807, 2.05) is 38.2 Å². The van der Waals surface area contributed by atoms with Gasteiger partial charge in [-0.3, -0.25) is 4.98 Å². The van der Waals surface area contributed by atoms with Gasteiger partial charge in [0.2, 0.25) is 0 Å². The zero-order valence-corrected chi connectivity index (χ0v) is 10.8. The van der Waals surface area contributed by atoms with Crippen molar-refractivity contribution in [3.8, 4) is 11.3 Å². The Balaban J connectivity index is 0.000000574. The molecule has 1 heteroatoms. The van der Waals surface area contributed by atoms with Crippen LogP contribution < -0.4 is 0 Å². The van der Waals surface area contributed by atoms with Crippen molar-refractivity contribution in [2.45, 2.75) is 13.8 Å². The molecule has 0 spiro atoms. The van der Waals surface area contributed by atoms with Gasteiger partial charge < -0.3 is 0 Å². The molecule has 0 saturated heterocycles. The van der Waals surface area contributed by atoms with Crippen molar-refractivity contribution < 1.29 is 0 Å². The summed E-state index contributed by atoms with van der Waals surface area (Å²) in [7, 11) is 0. The zero-order chi connectivity index (χ0) is 12.8. The first kappa shape index (κ1) is 12.3. The lowest BCUT2D eigenvalue weighted by Gasteiger charge is -2.05. The molecular weight excluding hydrogens is 218 g/mol. The highest BCUT2D eigenvalue weighted by atomic mass is 14.7. The van der Waals surface area contributed by atoms with Gasteiger partial charge in [0, 0.05) is 11.8 Å². The molecule has 0 aliphatic carbocycles. The highest BCUT2D eigenvalue weighted by molar-refractivity contribution is 5.95. The van der Waals surface area contributed by atoms with Crippen molar-refractivity contribution in [1.82, 2.24) is 4.98 Å². The molecule has 1 heterocycles. The summed E-state index contributed by atoms with van der Waals surface area (Å²) in [4.78, 5) is 4.40. The average molecular weight is 235 g/mol. The molecule has 2 aromatic carbocycles. The smallest absolute Gasteiger partial charge is 0.0708 e. The molecule has 0 amide bonds. The number of nitrogens with zero attached hydrogens (tertiary/aromatic N) is 1. The molecular formula is C17H17N. The van der Waals surface area contributed by atoms with Crippen LogP contribution in [-0.2, 0) is 0 Å². The molecule has 0 bridgehead atoms. The summed E-state index contributed by atoms with van der Waals surface area (Å²) in [5, 5.41) is 2.51. The van der Waals surface area contributed by atoms with E-state index in [1.165, 1.54) is 16.3 Å². The first-order valence-electron chi connectivity index (χ1n) is 6.34. The predicted octanol–water partition coefficient (Wildman–Crippen LogP) is 4.93. The third kappa shape index (κ3) is 2.40. The first-order chi connectivity index (χ1) is 8.95. The second kappa shape index (κ2) is 5.97. The van der Waals surface area contributed by atoms with E-state index in [2.05, 4.69) is 47.4 Å². The molecule has 0 aliphatic rings. The minimum absolute atomic E-state index is 1.03. The summed E-state index contributed by atoms with van der Waals surface area (Å²) < 4.78 is 0. The van der Waals surface area contributed by atoms with E-state index in [0.29, 0.717) is 0 Å². The standard InChI is InChI=1S/C15H11N.C2H6/c1-2-8-13-12(6-1)7-5-9-14(13)15-10-3-4-11-16-15;1-2/h1-11H;1-2H3. The van der Waals surface area contributed by atoms with Crippen LogP contribution >= 0.6 is 0 Å². The highest BCUT2D eigenvalue weighted by Gasteiger charge is 2.02. The highest BCUT2D eigenvalue weighted by Crippen LogP contribution is 2.26. The van der Waals surface area contributed by atoms with Gasteiger partial charge in [-0.25, -0.2) is 0 Å². The number of benzene rings is 2. The molecule has 3 rings (SSSR count). The lowest BCUT2D eigenvalue weighted by molar-refractivity contribution is 1.33. The Morgan fingerprint density at radius 2 is 1.44 bits per heavy atom. The summed E-state index contributed by atoms with van der Waals surface area (Å²) in [6.45, 7) is 4.00. The zero-order valence-electron chi connectivity index (χ0n) is 10.8. The minimum atomic E-state index is 1.03. The van der Waals surface area contributed by atoms with Gasteiger partial charge in [0.25, 0.3) is 0 Å². The largest absolute Gasteiger partial charge is 0.256 e. The molecule has 1 aromatic heterocycles. The van der Waals surface area contributed by atoms with Gasteiger partial charge in [0.1, 0.15) is 0 Å².